The number of ether oxygens (including phenoxy) is 2. The number of hydrogen-bond donors (Lipinski definition) is 1. The maximum atomic E-state index is 10.2. The van der Waals surface area contributed by atoms with Crippen LogP contribution in [0.1, 0.15) is 30.2 Å². The van der Waals surface area contributed by atoms with Crippen LogP contribution in [0.5, 0.6) is 5.75 Å². The molecule has 3 rings (SSSR count). The van der Waals surface area contributed by atoms with Gasteiger partial charge in [-0.25, -0.2) is 4.98 Å². The van der Waals surface area contributed by atoms with Gasteiger partial charge in [0, 0.05) is 17.3 Å². The predicted octanol–water partition coefficient (Wildman–Crippen LogP) is 4.01. The summed E-state index contributed by atoms with van der Waals surface area (Å²) in [5, 5.41) is 10.2. The van der Waals surface area contributed by atoms with Crippen LogP contribution in [0, 0.1) is 6.92 Å². The summed E-state index contributed by atoms with van der Waals surface area (Å²) in [5.41, 5.74) is 3.05. The highest BCUT2D eigenvalue weighted by Crippen LogP contribution is 2.30. The molecule has 126 valence electrons. The van der Waals surface area contributed by atoms with Gasteiger partial charge in [-0.15, -0.1) is 0 Å². The Balaban J connectivity index is 1.98. The van der Waals surface area contributed by atoms with Gasteiger partial charge < -0.3 is 14.6 Å². The molecule has 3 aromatic rings. The molecule has 1 unspecified atom stereocenters. The average Bonchev–Trinajstić information content (AvgIpc) is 2.89. The zero-order valence-corrected chi connectivity index (χ0v) is 15.2. The second-order valence-corrected chi connectivity index (χ2v) is 6.30. The average molecular weight is 391 g/mol. The standard InChI is InChI=1S/C18H19BrN2O3/c1-3-23-18(22)16-12(2)20-17-15(9-14(19)10-21(16)17)24-11-13-7-5-4-6-8-13/h4-10,18,22H,3,11H2,1-2H3. The van der Waals surface area contributed by atoms with Crippen LogP contribution >= 0.6 is 15.9 Å². The fraction of sp³-hybridized carbons (Fsp3) is 0.278. The molecule has 0 saturated heterocycles. The molecular formula is C18H19BrN2O3. The maximum Gasteiger partial charge on any atom is 0.198 e. The maximum absolute atomic E-state index is 10.2. The van der Waals surface area contributed by atoms with E-state index in [0.717, 1.165) is 10.0 Å². The second-order valence-electron chi connectivity index (χ2n) is 5.38. The smallest absolute Gasteiger partial charge is 0.198 e. The number of halogens is 1. The van der Waals surface area contributed by atoms with Gasteiger partial charge in [0.1, 0.15) is 12.3 Å². The Morgan fingerprint density at radius 1 is 1.29 bits per heavy atom. The minimum atomic E-state index is -1.03. The summed E-state index contributed by atoms with van der Waals surface area (Å²) in [5.74, 6) is 0.645. The Labute approximate surface area is 149 Å². The van der Waals surface area contributed by atoms with Gasteiger partial charge in [0.2, 0.25) is 0 Å². The van der Waals surface area contributed by atoms with Crippen molar-refractivity contribution in [1.29, 1.82) is 0 Å². The van der Waals surface area contributed by atoms with E-state index in [0.29, 0.717) is 36.0 Å². The topological polar surface area (TPSA) is 56.0 Å². The monoisotopic (exact) mass is 390 g/mol. The van der Waals surface area contributed by atoms with Crippen LogP contribution in [0.2, 0.25) is 0 Å². The van der Waals surface area contributed by atoms with Gasteiger partial charge in [0.05, 0.1) is 5.69 Å². The quantitative estimate of drug-likeness (QED) is 0.646. The predicted molar refractivity (Wildman–Crippen MR) is 95.0 cm³/mol. The number of benzene rings is 1. The zero-order valence-electron chi connectivity index (χ0n) is 13.6. The molecule has 0 amide bonds. The molecule has 6 heteroatoms. The Hall–Kier alpha value is -1.89. The van der Waals surface area contributed by atoms with Crippen molar-refractivity contribution in [2.45, 2.75) is 26.7 Å². The molecule has 0 bridgehead atoms. The van der Waals surface area contributed by atoms with E-state index in [2.05, 4.69) is 20.9 Å². The van der Waals surface area contributed by atoms with Gasteiger partial charge in [0.25, 0.3) is 0 Å². The minimum absolute atomic E-state index is 0.416. The lowest BCUT2D eigenvalue weighted by molar-refractivity contribution is -0.102. The number of imidazole rings is 1. The highest BCUT2D eigenvalue weighted by molar-refractivity contribution is 9.10. The molecule has 0 aliphatic rings. The molecule has 0 saturated carbocycles. The second kappa shape index (κ2) is 7.34. The molecule has 24 heavy (non-hydrogen) atoms. The van der Waals surface area contributed by atoms with Crippen LogP contribution < -0.4 is 4.74 Å². The highest BCUT2D eigenvalue weighted by Gasteiger charge is 2.20. The van der Waals surface area contributed by atoms with E-state index in [9.17, 15) is 5.11 Å². The van der Waals surface area contributed by atoms with Crippen LogP contribution in [0.3, 0.4) is 0 Å². The first-order valence-electron chi connectivity index (χ1n) is 7.74. The van der Waals surface area contributed by atoms with Crippen LogP contribution in [0.4, 0.5) is 0 Å². The fourth-order valence-electron chi connectivity index (χ4n) is 2.59. The minimum Gasteiger partial charge on any atom is -0.485 e. The van der Waals surface area contributed by atoms with Crippen molar-refractivity contribution in [3.63, 3.8) is 0 Å². The Kier molecular flexibility index (Phi) is 5.18. The molecule has 5 nitrogen and oxygen atoms in total. The summed E-state index contributed by atoms with van der Waals surface area (Å²) in [6.45, 7) is 4.55. The van der Waals surface area contributed by atoms with Crippen LogP contribution in [0.15, 0.2) is 47.1 Å². The van der Waals surface area contributed by atoms with Crippen molar-refractivity contribution in [3.8, 4) is 5.75 Å². The molecule has 0 fully saturated rings. The Morgan fingerprint density at radius 3 is 2.75 bits per heavy atom. The summed E-state index contributed by atoms with van der Waals surface area (Å²) in [6.07, 6.45) is 0.823. The molecule has 0 aliphatic carbocycles. The number of aryl methyl sites for hydroxylation is 1. The van der Waals surface area contributed by atoms with Gasteiger partial charge >= 0.3 is 0 Å². The lowest BCUT2D eigenvalue weighted by Gasteiger charge is -2.13. The van der Waals surface area contributed by atoms with Crippen molar-refractivity contribution in [3.05, 3.63) is 64.0 Å². The van der Waals surface area contributed by atoms with E-state index in [1.165, 1.54) is 0 Å². The van der Waals surface area contributed by atoms with Crippen molar-refractivity contribution in [2.75, 3.05) is 6.61 Å². The van der Waals surface area contributed by atoms with Crippen molar-refractivity contribution in [1.82, 2.24) is 9.38 Å². The molecule has 2 aromatic heterocycles. The normalized spacial score (nSPS) is 12.5. The number of fused-ring (bicyclic) bond motifs is 1. The lowest BCUT2D eigenvalue weighted by Crippen LogP contribution is -2.08. The number of aromatic nitrogens is 2. The Bertz CT molecular complexity index is 833. The van der Waals surface area contributed by atoms with Crippen LogP contribution in [0.25, 0.3) is 5.65 Å². The molecular weight excluding hydrogens is 372 g/mol. The third-order valence-corrected chi connectivity index (χ3v) is 4.10. The van der Waals surface area contributed by atoms with E-state index >= 15 is 0 Å². The molecule has 1 aromatic carbocycles. The number of aliphatic hydroxyl groups excluding tert-OH is 1. The molecule has 0 aliphatic heterocycles. The van der Waals surface area contributed by atoms with Gasteiger partial charge in [-0.05, 0) is 41.4 Å². The molecule has 0 spiro atoms. The molecule has 1 atom stereocenters. The first-order chi connectivity index (χ1) is 11.6. The Morgan fingerprint density at radius 2 is 2.04 bits per heavy atom. The third kappa shape index (κ3) is 3.45. The van der Waals surface area contributed by atoms with Gasteiger partial charge in [-0.3, -0.25) is 4.40 Å². The van der Waals surface area contributed by atoms with Gasteiger partial charge in [-0.1, -0.05) is 30.3 Å². The van der Waals surface area contributed by atoms with Crippen molar-refractivity contribution in [2.24, 2.45) is 0 Å². The third-order valence-electron chi connectivity index (χ3n) is 3.67. The van der Waals surface area contributed by atoms with E-state index in [1.807, 2.05) is 56.4 Å². The number of pyridine rings is 1. The number of nitrogens with zero attached hydrogens (tertiary/aromatic N) is 2. The molecule has 2 heterocycles. The number of aliphatic hydroxyl groups is 1. The van der Waals surface area contributed by atoms with E-state index in [1.54, 1.807) is 4.40 Å². The first-order valence-corrected chi connectivity index (χ1v) is 8.54. The SMILES string of the molecule is CCOC(O)c1c(C)nc2c(OCc3ccccc3)cc(Br)cn12. The number of hydrogen-bond acceptors (Lipinski definition) is 4. The summed E-state index contributed by atoms with van der Waals surface area (Å²) in [6, 6.07) is 11.8. The first kappa shape index (κ1) is 17.0. The van der Waals surface area contributed by atoms with E-state index in [4.69, 9.17) is 9.47 Å². The van der Waals surface area contributed by atoms with Crippen molar-refractivity contribution >= 4 is 21.6 Å². The van der Waals surface area contributed by atoms with Gasteiger partial charge in [-0.2, -0.15) is 0 Å². The van der Waals surface area contributed by atoms with E-state index in [-0.39, 0.29) is 0 Å². The summed E-state index contributed by atoms with van der Waals surface area (Å²) in [4.78, 5) is 4.55. The zero-order chi connectivity index (χ0) is 17.1. The fourth-order valence-corrected chi connectivity index (χ4v) is 3.00. The summed E-state index contributed by atoms with van der Waals surface area (Å²) >= 11 is 3.49. The molecule has 0 radical (unpaired) electrons. The summed E-state index contributed by atoms with van der Waals surface area (Å²) < 4.78 is 13.9. The largest absolute Gasteiger partial charge is 0.485 e. The van der Waals surface area contributed by atoms with E-state index < -0.39 is 6.29 Å². The molecule has 1 N–H and O–H groups in total. The van der Waals surface area contributed by atoms with Gasteiger partial charge in [0.15, 0.2) is 17.7 Å². The highest BCUT2D eigenvalue weighted by atomic mass is 79.9. The lowest BCUT2D eigenvalue weighted by atomic mass is 10.2. The van der Waals surface area contributed by atoms with Crippen molar-refractivity contribution < 1.29 is 14.6 Å². The van der Waals surface area contributed by atoms with Crippen LogP contribution in [-0.2, 0) is 11.3 Å². The number of rotatable bonds is 6. The summed E-state index contributed by atoms with van der Waals surface area (Å²) in [7, 11) is 0. The van der Waals surface area contributed by atoms with Crippen LogP contribution in [-0.4, -0.2) is 21.1 Å².